The van der Waals surface area contributed by atoms with Gasteiger partial charge in [0, 0.05) is 29.7 Å². The first-order valence-electron chi connectivity index (χ1n) is 10.6. The largest absolute Gasteiger partial charge is 0.346 e. The lowest BCUT2D eigenvalue weighted by atomic mass is 9.78. The van der Waals surface area contributed by atoms with Crippen LogP contribution in [-0.4, -0.2) is 34.8 Å². The van der Waals surface area contributed by atoms with Crippen molar-refractivity contribution in [3.05, 3.63) is 34.7 Å². The van der Waals surface area contributed by atoms with Crippen LogP contribution < -0.4 is 5.32 Å². The number of hydrogen-bond donors (Lipinski definition) is 1. The van der Waals surface area contributed by atoms with Gasteiger partial charge in [-0.3, -0.25) is 9.59 Å². The first kappa shape index (κ1) is 19.4. The molecule has 2 fully saturated rings. The summed E-state index contributed by atoms with van der Waals surface area (Å²) < 4.78 is 1.16. The van der Waals surface area contributed by atoms with Crippen molar-refractivity contribution in [2.45, 2.75) is 76.8 Å². The Bertz CT molecular complexity index is 884. The quantitative estimate of drug-likeness (QED) is 0.796. The number of carbonyl (C=O) groups excluding carboxylic acids is 2. The summed E-state index contributed by atoms with van der Waals surface area (Å²) >= 11 is 1.60. The van der Waals surface area contributed by atoms with Crippen LogP contribution in [0.1, 0.15) is 74.0 Å². The van der Waals surface area contributed by atoms with Crippen molar-refractivity contribution < 1.29 is 9.59 Å². The summed E-state index contributed by atoms with van der Waals surface area (Å²) in [7, 11) is 0. The van der Waals surface area contributed by atoms with Crippen molar-refractivity contribution in [1.82, 2.24) is 10.2 Å². The van der Waals surface area contributed by atoms with E-state index in [1.807, 2.05) is 17.0 Å². The Morgan fingerprint density at radius 2 is 1.96 bits per heavy atom. The summed E-state index contributed by atoms with van der Waals surface area (Å²) in [4.78, 5) is 28.3. The average Bonchev–Trinajstić information content (AvgIpc) is 2.83. The van der Waals surface area contributed by atoms with Gasteiger partial charge >= 0.3 is 0 Å². The molecular weight excluding hydrogens is 368 g/mol. The summed E-state index contributed by atoms with van der Waals surface area (Å²) in [5, 5.41) is 4.46. The Labute approximate surface area is 171 Å². The first-order valence-corrected chi connectivity index (χ1v) is 11.4. The SMILES string of the molecule is CC(=O)N1CCCCC[C@@H]1Cc1c(C(=O)NC2(C)CCC2)sc2ccccc12. The monoisotopic (exact) mass is 398 g/mol. The molecule has 1 atom stereocenters. The summed E-state index contributed by atoms with van der Waals surface area (Å²) in [5.41, 5.74) is 1.07. The molecule has 0 radical (unpaired) electrons. The molecule has 5 heteroatoms. The van der Waals surface area contributed by atoms with Gasteiger partial charge in [0.1, 0.15) is 0 Å². The molecule has 1 aliphatic heterocycles. The topological polar surface area (TPSA) is 49.4 Å². The third-order valence-corrected chi connectivity index (χ3v) is 7.71. The Balaban J connectivity index is 1.68. The molecule has 1 saturated heterocycles. The second-order valence-electron chi connectivity index (χ2n) is 8.69. The molecule has 0 spiro atoms. The molecule has 4 nitrogen and oxygen atoms in total. The smallest absolute Gasteiger partial charge is 0.262 e. The summed E-state index contributed by atoms with van der Waals surface area (Å²) in [6.45, 7) is 4.65. The van der Waals surface area contributed by atoms with E-state index in [1.165, 1.54) is 18.2 Å². The fourth-order valence-corrected chi connectivity index (χ4v) is 5.82. The van der Waals surface area contributed by atoms with E-state index in [9.17, 15) is 9.59 Å². The molecule has 150 valence electrons. The van der Waals surface area contributed by atoms with E-state index in [4.69, 9.17) is 0 Å². The van der Waals surface area contributed by atoms with Gasteiger partial charge in [0.2, 0.25) is 5.91 Å². The molecule has 1 aromatic heterocycles. The molecule has 0 bridgehead atoms. The maximum atomic E-state index is 13.2. The Kier molecular flexibility index (Phi) is 5.46. The van der Waals surface area contributed by atoms with Crippen LogP contribution in [0, 0.1) is 0 Å². The fourth-order valence-electron chi connectivity index (χ4n) is 4.69. The predicted octanol–water partition coefficient (Wildman–Crippen LogP) is 4.91. The van der Waals surface area contributed by atoms with Gasteiger partial charge in [-0.15, -0.1) is 11.3 Å². The van der Waals surface area contributed by atoms with Crippen molar-refractivity contribution in [3.8, 4) is 0 Å². The van der Waals surface area contributed by atoms with Gasteiger partial charge in [0.25, 0.3) is 5.91 Å². The van der Waals surface area contributed by atoms with Crippen molar-refractivity contribution in [2.75, 3.05) is 6.54 Å². The second kappa shape index (κ2) is 7.86. The lowest BCUT2D eigenvalue weighted by Gasteiger charge is -2.39. The average molecular weight is 399 g/mol. The van der Waals surface area contributed by atoms with E-state index in [2.05, 4.69) is 24.4 Å². The van der Waals surface area contributed by atoms with E-state index < -0.39 is 0 Å². The number of carbonyl (C=O) groups is 2. The maximum Gasteiger partial charge on any atom is 0.262 e. The molecule has 0 unspecified atom stereocenters. The molecule has 1 aromatic carbocycles. The zero-order valence-electron chi connectivity index (χ0n) is 16.9. The Hall–Kier alpha value is -1.88. The zero-order valence-corrected chi connectivity index (χ0v) is 17.7. The maximum absolute atomic E-state index is 13.2. The molecule has 28 heavy (non-hydrogen) atoms. The van der Waals surface area contributed by atoms with Gasteiger partial charge in [-0.1, -0.05) is 31.0 Å². The number of amides is 2. The van der Waals surface area contributed by atoms with Gasteiger partial charge in [0.05, 0.1) is 4.88 Å². The Morgan fingerprint density at radius 1 is 1.18 bits per heavy atom. The first-order chi connectivity index (χ1) is 13.5. The van der Waals surface area contributed by atoms with Crippen LogP contribution in [0.4, 0.5) is 0 Å². The number of fused-ring (bicyclic) bond motifs is 1. The highest BCUT2D eigenvalue weighted by Crippen LogP contribution is 2.36. The van der Waals surface area contributed by atoms with Crippen LogP contribution in [-0.2, 0) is 11.2 Å². The van der Waals surface area contributed by atoms with Crippen molar-refractivity contribution in [2.24, 2.45) is 0 Å². The molecule has 1 N–H and O–H groups in total. The predicted molar refractivity (Wildman–Crippen MR) is 115 cm³/mol. The zero-order chi connectivity index (χ0) is 19.7. The lowest BCUT2D eigenvalue weighted by Crippen LogP contribution is -2.51. The van der Waals surface area contributed by atoms with Gasteiger partial charge in [-0.05, 0) is 62.5 Å². The number of hydrogen-bond acceptors (Lipinski definition) is 3. The van der Waals surface area contributed by atoms with Gasteiger partial charge in [-0.25, -0.2) is 0 Å². The van der Waals surface area contributed by atoms with Crippen LogP contribution >= 0.6 is 11.3 Å². The molecular formula is C23H30N2O2S. The van der Waals surface area contributed by atoms with Crippen LogP contribution in [0.25, 0.3) is 10.1 Å². The summed E-state index contributed by atoms with van der Waals surface area (Å²) in [6, 6.07) is 8.48. The molecule has 1 saturated carbocycles. The molecule has 2 amide bonds. The third kappa shape index (κ3) is 3.82. The Morgan fingerprint density at radius 3 is 2.68 bits per heavy atom. The van der Waals surface area contributed by atoms with E-state index in [0.717, 1.165) is 60.2 Å². The van der Waals surface area contributed by atoms with Crippen molar-refractivity contribution in [1.29, 1.82) is 0 Å². The number of likely N-dealkylation sites (tertiary alicyclic amines) is 1. The number of nitrogens with zero attached hydrogens (tertiary/aromatic N) is 1. The lowest BCUT2D eigenvalue weighted by molar-refractivity contribution is -0.131. The molecule has 2 aromatic rings. The highest BCUT2D eigenvalue weighted by Gasteiger charge is 2.35. The number of benzene rings is 1. The number of thiophene rings is 1. The van der Waals surface area contributed by atoms with Gasteiger partial charge in [0.15, 0.2) is 0 Å². The minimum Gasteiger partial charge on any atom is -0.346 e. The van der Waals surface area contributed by atoms with E-state index in [1.54, 1.807) is 18.3 Å². The van der Waals surface area contributed by atoms with Gasteiger partial charge in [-0.2, -0.15) is 0 Å². The van der Waals surface area contributed by atoms with E-state index >= 15 is 0 Å². The molecule has 2 aliphatic rings. The minimum absolute atomic E-state index is 0.0568. The fraction of sp³-hybridized carbons (Fsp3) is 0.565. The highest BCUT2D eigenvalue weighted by molar-refractivity contribution is 7.21. The van der Waals surface area contributed by atoms with Crippen LogP contribution in [0.2, 0.25) is 0 Å². The third-order valence-electron chi connectivity index (χ3n) is 6.50. The standard InChI is InChI=1S/C23H30N2O2S/c1-16(26)25-14-7-3-4-9-17(25)15-19-18-10-5-6-11-20(18)28-21(19)22(27)24-23(2)12-8-13-23/h5-6,10-11,17H,3-4,7-9,12-15H2,1-2H3,(H,24,27)/t17-/m1/s1. The normalized spacial score (nSPS) is 21.8. The number of rotatable bonds is 4. The van der Waals surface area contributed by atoms with Gasteiger partial charge < -0.3 is 10.2 Å². The molecule has 1 aliphatic carbocycles. The second-order valence-corrected chi connectivity index (χ2v) is 9.75. The number of nitrogens with one attached hydrogen (secondary N) is 1. The van der Waals surface area contributed by atoms with E-state index in [-0.39, 0.29) is 23.4 Å². The summed E-state index contributed by atoms with van der Waals surface area (Å²) in [5.74, 6) is 0.209. The summed E-state index contributed by atoms with van der Waals surface area (Å²) in [6.07, 6.45) is 8.48. The molecule has 4 rings (SSSR count). The highest BCUT2D eigenvalue weighted by atomic mass is 32.1. The van der Waals surface area contributed by atoms with Crippen LogP contribution in [0.3, 0.4) is 0 Å². The minimum atomic E-state index is -0.0573. The van der Waals surface area contributed by atoms with Crippen LogP contribution in [0.15, 0.2) is 24.3 Å². The van der Waals surface area contributed by atoms with E-state index in [0.29, 0.717) is 0 Å². The van der Waals surface area contributed by atoms with Crippen molar-refractivity contribution >= 4 is 33.2 Å². The molecule has 2 heterocycles. The van der Waals surface area contributed by atoms with Crippen molar-refractivity contribution in [3.63, 3.8) is 0 Å². The van der Waals surface area contributed by atoms with Crippen LogP contribution in [0.5, 0.6) is 0 Å².